The monoisotopic (exact) mass is 428 g/mol. The first-order valence-electron chi connectivity index (χ1n) is 10.3. The number of para-hydroxylation sites is 1. The molecule has 6 nitrogen and oxygen atoms in total. The summed E-state index contributed by atoms with van der Waals surface area (Å²) >= 11 is 2.00. The molecule has 1 heterocycles. The van der Waals surface area contributed by atoms with Gasteiger partial charge in [-0.1, -0.05) is 30.3 Å². The highest BCUT2D eigenvalue weighted by Crippen LogP contribution is 2.23. The number of hydrogen-bond acceptors (Lipinski definition) is 5. The number of methoxy groups -OCH3 is 1. The summed E-state index contributed by atoms with van der Waals surface area (Å²) in [5.74, 6) is 3.16. The molecule has 0 aromatic heterocycles. The maximum atomic E-state index is 12.7. The third kappa shape index (κ3) is 6.39. The highest BCUT2D eigenvalue weighted by Gasteiger charge is 2.17. The summed E-state index contributed by atoms with van der Waals surface area (Å²) in [6.07, 6.45) is 0. The molecular formula is C23H32N4O2S. The lowest BCUT2D eigenvalue weighted by Crippen LogP contribution is -2.37. The molecule has 1 aliphatic heterocycles. The number of rotatable bonds is 8. The summed E-state index contributed by atoms with van der Waals surface area (Å²) in [6.45, 7) is 3.55. The maximum absolute atomic E-state index is 12.7. The van der Waals surface area contributed by atoms with Crippen LogP contribution in [0, 0.1) is 0 Å². The van der Waals surface area contributed by atoms with Crippen molar-refractivity contribution in [2.45, 2.75) is 12.6 Å². The number of carbonyl (C=O) groups excluding carboxylic acids is 1. The second-order valence-electron chi connectivity index (χ2n) is 7.64. The van der Waals surface area contributed by atoms with Gasteiger partial charge in [0.25, 0.3) is 0 Å². The molecule has 0 aliphatic carbocycles. The van der Waals surface area contributed by atoms with Gasteiger partial charge in [0, 0.05) is 43.4 Å². The van der Waals surface area contributed by atoms with Crippen LogP contribution in [0.5, 0.6) is 5.75 Å². The molecule has 1 atom stereocenters. The summed E-state index contributed by atoms with van der Waals surface area (Å²) in [5.41, 5.74) is 3.12. The number of nitrogens with zero attached hydrogens (tertiary/aromatic N) is 2. The van der Waals surface area contributed by atoms with Gasteiger partial charge in [-0.3, -0.25) is 4.90 Å². The first kappa shape index (κ1) is 22.5. The molecule has 0 spiro atoms. The van der Waals surface area contributed by atoms with Gasteiger partial charge in [0.2, 0.25) is 0 Å². The average Bonchev–Trinajstić information content (AvgIpc) is 2.76. The van der Waals surface area contributed by atoms with E-state index in [9.17, 15) is 4.79 Å². The topological polar surface area (TPSA) is 56.8 Å². The number of nitrogens with one attached hydrogen (secondary N) is 2. The van der Waals surface area contributed by atoms with Crippen molar-refractivity contribution in [2.24, 2.45) is 0 Å². The van der Waals surface area contributed by atoms with Crippen LogP contribution in [0.4, 0.5) is 10.5 Å². The molecule has 7 heteroatoms. The molecule has 2 amide bonds. The van der Waals surface area contributed by atoms with Crippen molar-refractivity contribution in [2.75, 3.05) is 57.7 Å². The van der Waals surface area contributed by atoms with Gasteiger partial charge in [0.1, 0.15) is 5.75 Å². The van der Waals surface area contributed by atoms with Crippen molar-refractivity contribution in [1.29, 1.82) is 0 Å². The number of urea groups is 1. The van der Waals surface area contributed by atoms with Crippen molar-refractivity contribution in [1.82, 2.24) is 15.1 Å². The average molecular weight is 429 g/mol. The molecule has 0 bridgehead atoms. The number of hydrogen-bond donors (Lipinski definition) is 2. The first-order chi connectivity index (χ1) is 14.6. The quantitative estimate of drug-likeness (QED) is 0.672. The van der Waals surface area contributed by atoms with Gasteiger partial charge in [0.15, 0.2) is 0 Å². The predicted molar refractivity (Wildman–Crippen MR) is 125 cm³/mol. The minimum absolute atomic E-state index is 0.0481. The van der Waals surface area contributed by atoms with Crippen LogP contribution in [0.15, 0.2) is 48.5 Å². The smallest absolute Gasteiger partial charge is 0.319 e. The number of anilines is 1. The highest BCUT2D eigenvalue weighted by molar-refractivity contribution is 7.99. The lowest BCUT2D eigenvalue weighted by Gasteiger charge is -2.27. The lowest BCUT2D eigenvalue weighted by atomic mass is 10.1. The second kappa shape index (κ2) is 11.2. The Morgan fingerprint density at radius 3 is 2.67 bits per heavy atom. The zero-order valence-corrected chi connectivity index (χ0v) is 18.9. The van der Waals surface area contributed by atoms with E-state index in [1.54, 1.807) is 7.11 Å². The molecule has 2 aromatic carbocycles. The third-order valence-corrected chi connectivity index (χ3v) is 6.26. The fraction of sp³-hybridized carbons (Fsp3) is 0.435. The Labute approximate surface area is 184 Å². The molecule has 1 aliphatic rings. The van der Waals surface area contributed by atoms with Crippen molar-refractivity contribution < 1.29 is 9.53 Å². The number of carbonyl (C=O) groups is 1. The highest BCUT2D eigenvalue weighted by atomic mass is 32.2. The standard InChI is InChI=1S/C23H32N4O2S/c1-26(2)22(18-8-6-9-20(15-18)29-3)16-24-23(28)25-21-10-5-4-7-19(21)17-27-11-13-30-14-12-27/h4-10,15,22H,11-14,16-17H2,1-3H3,(H2,24,25,28). The first-order valence-corrected chi connectivity index (χ1v) is 11.5. The van der Waals surface area contributed by atoms with Crippen molar-refractivity contribution in [3.63, 3.8) is 0 Å². The molecule has 162 valence electrons. The van der Waals surface area contributed by atoms with E-state index >= 15 is 0 Å². The largest absolute Gasteiger partial charge is 0.497 e. The zero-order chi connectivity index (χ0) is 21.3. The van der Waals surface area contributed by atoms with Gasteiger partial charge in [-0.2, -0.15) is 11.8 Å². The minimum Gasteiger partial charge on any atom is -0.497 e. The summed E-state index contributed by atoms with van der Waals surface area (Å²) in [7, 11) is 5.68. The van der Waals surface area contributed by atoms with Crippen LogP contribution in [0.1, 0.15) is 17.2 Å². The fourth-order valence-electron chi connectivity index (χ4n) is 3.58. The Hall–Kier alpha value is -2.22. The summed E-state index contributed by atoms with van der Waals surface area (Å²) < 4.78 is 5.34. The van der Waals surface area contributed by atoms with E-state index in [2.05, 4.69) is 32.6 Å². The van der Waals surface area contributed by atoms with E-state index < -0.39 is 0 Å². The van der Waals surface area contributed by atoms with E-state index in [0.717, 1.165) is 42.2 Å². The fourth-order valence-corrected chi connectivity index (χ4v) is 4.56. The SMILES string of the molecule is COc1cccc(C(CNC(=O)Nc2ccccc2CN2CCSCC2)N(C)C)c1. The molecule has 1 saturated heterocycles. The Balaban J connectivity index is 1.60. The third-order valence-electron chi connectivity index (χ3n) is 5.32. The zero-order valence-electron chi connectivity index (χ0n) is 18.1. The lowest BCUT2D eigenvalue weighted by molar-refractivity contribution is 0.243. The number of benzene rings is 2. The van der Waals surface area contributed by atoms with E-state index in [0.29, 0.717) is 6.54 Å². The molecule has 1 unspecified atom stereocenters. The van der Waals surface area contributed by atoms with E-state index in [4.69, 9.17) is 4.74 Å². The van der Waals surface area contributed by atoms with Crippen LogP contribution >= 0.6 is 11.8 Å². The van der Waals surface area contributed by atoms with Crippen LogP contribution in [-0.2, 0) is 6.54 Å². The molecule has 2 aromatic rings. The summed E-state index contributed by atoms with van der Waals surface area (Å²) in [4.78, 5) is 17.2. The summed E-state index contributed by atoms with van der Waals surface area (Å²) in [6, 6.07) is 15.9. The Morgan fingerprint density at radius 1 is 1.17 bits per heavy atom. The molecule has 30 heavy (non-hydrogen) atoms. The molecular weight excluding hydrogens is 396 g/mol. The van der Waals surface area contributed by atoms with Crippen LogP contribution in [-0.4, -0.2) is 68.2 Å². The van der Waals surface area contributed by atoms with Crippen LogP contribution < -0.4 is 15.4 Å². The maximum Gasteiger partial charge on any atom is 0.319 e. The van der Waals surface area contributed by atoms with Gasteiger partial charge in [-0.05, 0) is 43.4 Å². The minimum atomic E-state index is -0.189. The van der Waals surface area contributed by atoms with Crippen LogP contribution in [0.3, 0.4) is 0 Å². The van der Waals surface area contributed by atoms with Crippen LogP contribution in [0.25, 0.3) is 0 Å². The molecule has 3 rings (SSSR count). The number of likely N-dealkylation sites (N-methyl/N-ethyl adjacent to an activating group) is 1. The van der Waals surface area contributed by atoms with E-state index in [-0.39, 0.29) is 12.1 Å². The van der Waals surface area contributed by atoms with Gasteiger partial charge in [-0.25, -0.2) is 4.79 Å². The number of amides is 2. The normalized spacial score (nSPS) is 15.6. The van der Waals surface area contributed by atoms with Crippen molar-refractivity contribution >= 4 is 23.5 Å². The predicted octanol–water partition coefficient (Wildman–Crippen LogP) is 3.67. The van der Waals surface area contributed by atoms with Crippen molar-refractivity contribution in [3.05, 3.63) is 59.7 Å². The van der Waals surface area contributed by atoms with Gasteiger partial charge >= 0.3 is 6.03 Å². The molecule has 0 saturated carbocycles. The Morgan fingerprint density at radius 2 is 1.93 bits per heavy atom. The molecule has 1 fully saturated rings. The van der Waals surface area contributed by atoms with Gasteiger partial charge in [0.05, 0.1) is 13.2 Å². The number of thioether (sulfide) groups is 1. The van der Waals surface area contributed by atoms with Gasteiger partial charge in [-0.15, -0.1) is 0 Å². The van der Waals surface area contributed by atoms with E-state index in [1.165, 1.54) is 11.5 Å². The van der Waals surface area contributed by atoms with Crippen molar-refractivity contribution in [3.8, 4) is 5.75 Å². The number of ether oxygens (including phenoxy) is 1. The Kier molecular flexibility index (Phi) is 8.42. The van der Waals surface area contributed by atoms with Gasteiger partial charge < -0.3 is 20.3 Å². The Bertz CT molecular complexity index is 824. The molecule has 2 N–H and O–H groups in total. The second-order valence-corrected chi connectivity index (χ2v) is 8.86. The van der Waals surface area contributed by atoms with E-state index in [1.807, 2.05) is 62.3 Å². The van der Waals surface area contributed by atoms with Crippen LogP contribution in [0.2, 0.25) is 0 Å². The summed E-state index contributed by atoms with van der Waals surface area (Å²) in [5, 5.41) is 6.07. The molecule has 0 radical (unpaired) electrons.